The Labute approximate surface area is 168 Å². The van der Waals surface area contributed by atoms with Crippen molar-refractivity contribution in [1.82, 2.24) is 9.78 Å². The van der Waals surface area contributed by atoms with Gasteiger partial charge < -0.3 is 5.11 Å². The molecule has 8 heteroatoms. The number of aryl methyl sites for hydroxylation is 1. The molecule has 152 valence electrons. The zero-order valence-corrected chi connectivity index (χ0v) is 16.9. The number of carboxylic acids is 1. The van der Waals surface area contributed by atoms with Crippen molar-refractivity contribution in [2.75, 3.05) is 0 Å². The molecule has 0 unspecified atom stereocenters. The standard InChI is InChI=1S/C21H21FN2O4S/c1-14-20(11-21(25)26)15(2)24(23-14)12-16-5-9-19(10-6-16)29(27,28)13-17-3-7-18(22)8-4-17/h3-10H,11-13H2,1-2H3,(H,25,26). The van der Waals surface area contributed by atoms with Crippen LogP contribution in [0.2, 0.25) is 0 Å². The Balaban J connectivity index is 1.76. The van der Waals surface area contributed by atoms with Crippen molar-refractivity contribution >= 4 is 15.8 Å². The van der Waals surface area contributed by atoms with Crippen molar-refractivity contribution in [1.29, 1.82) is 0 Å². The van der Waals surface area contributed by atoms with Crippen LogP contribution in [-0.4, -0.2) is 29.3 Å². The van der Waals surface area contributed by atoms with Gasteiger partial charge in [-0.1, -0.05) is 24.3 Å². The first kappa shape index (κ1) is 20.7. The van der Waals surface area contributed by atoms with Gasteiger partial charge in [0.05, 0.1) is 29.3 Å². The molecule has 0 spiro atoms. The summed E-state index contributed by atoms with van der Waals surface area (Å²) in [4.78, 5) is 11.2. The maximum Gasteiger partial charge on any atom is 0.307 e. The summed E-state index contributed by atoms with van der Waals surface area (Å²) in [5.74, 6) is -1.53. The number of halogens is 1. The molecular weight excluding hydrogens is 395 g/mol. The summed E-state index contributed by atoms with van der Waals surface area (Å²) in [6.07, 6.45) is -0.0851. The molecule has 2 aromatic carbocycles. The molecule has 0 amide bonds. The van der Waals surface area contributed by atoms with E-state index < -0.39 is 21.6 Å². The second kappa shape index (κ2) is 8.16. The van der Waals surface area contributed by atoms with Crippen molar-refractivity contribution in [2.45, 2.75) is 37.5 Å². The maximum absolute atomic E-state index is 13.0. The molecule has 3 rings (SSSR count). The third-order valence-corrected chi connectivity index (χ3v) is 6.45. The molecule has 3 aromatic rings. The van der Waals surface area contributed by atoms with Crippen molar-refractivity contribution in [2.24, 2.45) is 0 Å². The molecule has 0 saturated heterocycles. The lowest BCUT2D eigenvalue weighted by molar-refractivity contribution is -0.136. The summed E-state index contributed by atoms with van der Waals surface area (Å²) in [5, 5.41) is 13.4. The van der Waals surface area contributed by atoms with Crippen LogP contribution in [0.1, 0.15) is 28.1 Å². The summed E-state index contributed by atoms with van der Waals surface area (Å²) in [6.45, 7) is 4.00. The van der Waals surface area contributed by atoms with Crippen molar-refractivity contribution in [3.8, 4) is 0 Å². The van der Waals surface area contributed by atoms with Crippen LogP contribution in [-0.2, 0) is 33.4 Å². The predicted octanol–water partition coefficient (Wildman–Crippen LogP) is 3.29. The highest BCUT2D eigenvalue weighted by molar-refractivity contribution is 7.90. The molecule has 0 aliphatic carbocycles. The molecule has 0 bridgehead atoms. The van der Waals surface area contributed by atoms with Crippen LogP contribution < -0.4 is 0 Å². The van der Waals surface area contributed by atoms with Gasteiger partial charge in [0.2, 0.25) is 0 Å². The smallest absolute Gasteiger partial charge is 0.307 e. The largest absolute Gasteiger partial charge is 0.481 e. The van der Waals surface area contributed by atoms with Crippen LogP contribution in [0.4, 0.5) is 4.39 Å². The lowest BCUT2D eigenvalue weighted by Gasteiger charge is -2.08. The van der Waals surface area contributed by atoms with E-state index in [1.807, 2.05) is 6.92 Å². The monoisotopic (exact) mass is 416 g/mol. The topological polar surface area (TPSA) is 89.3 Å². The van der Waals surface area contributed by atoms with E-state index in [1.165, 1.54) is 36.4 Å². The molecule has 0 fully saturated rings. The Hall–Kier alpha value is -3.00. The number of nitrogens with zero attached hydrogens (tertiary/aromatic N) is 2. The molecule has 1 aromatic heterocycles. The zero-order valence-electron chi connectivity index (χ0n) is 16.1. The van der Waals surface area contributed by atoms with E-state index in [0.29, 0.717) is 23.4 Å². The molecule has 1 N–H and O–H groups in total. The van der Waals surface area contributed by atoms with Gasteiger partial charge in [0.25, 0.3) is 0 Å². The Morgan fingerprint density at radius 1 is 1.03 bits per heavy atom. The Morgan fingerprint density at radius 2 is 1.62 bits per heavy atom. The van der Waals surface area contributed by atoms with Gasteiger partial charge in [-0.3, -0.25) is 9.48 Å². The molecule has 0 saturated carbocycles. The highest BCUT2D eigenvalue weighted by Gasteiger charge is 2.17. The normalized spacial score (nSPS) is 11.6. The molecule has 0 atom stereocenters. The average Bonchev–Trinajstić information content (AvgIpc) is 2.91. The lowest BCUT2D eigenvalue weighted by atomic mass is 10.1. The SMILES string of the molecule is Cc1nn(Cc2ccc(S(=O)(=O)Cc3ccc(F)cc3)cc2)c(C)c1CC(=O)O. The minimum absolute atomic E-state index is 0.0851. The molecule has 1 heterocycles. The van der Waals surface area contributed by atoms with E-state index in [9.17, 15) is 17.6 Å². The Bertz CT molecular complexity index is 1130. The van der Waals surface area contributed by atoms with Gasteiger partial charge in [-0.05, 0) is 49.2 Å². The van der Waals surface area contributed by atoms with Gasteiger partial charge in [0.15, 0.2) is 9.84 Å². The highest BCUT2D eigenvalue weighted by Crippen LogP contribution is 2.19. The fourth-order valence-electron chi connectivity index (χ4n) is 3.15. The van der Waals surface area contributed by atoms with E-state index in [-0.39, 0.29) is 17.1 Å². The summed E-state index contributed by atoms with van der Waals surface area (Å²) < 4.78 is 39.9. The first-order valence-electron chi connectivity index (χ1n) is 8.96. The number of benzene rings is 2. The van der Waals surface area contributed by atoms with Crippen molar-refractivity contribution < 1.29 is 22.7 Å². The third kappa shape index (κ3) is 4.89. The van der Waals surface area contributed by atoms with E-state index >= 15 is 0 Å². The van der Waals surface area contributed by atoms with Crippen molar-refractivity contribution in [3.05, 3.63) is 82.4 Å². The molecule has 6 nitrogen and oxygen atoms in total. The molecular formula is C21H21FN2O4S. The van der Waals surface area contributed by atoms with Gasteiger partial charge in [-0.2, -0.15) is 5.10 Å². The van der Waals surface area contributed by atoms with Gasteiger partial charge in [0, 0.05) is 11.3 Å². The van der Waals surface area contributed by atoms with Crippen LogP contribution in [0, 0.1) is 19.7 Å². The fourth-order valence-corrected chi connectivity index (χ4v) is 4.50. The van der Waals surface area contributed by atoms with E-state index in [2.05, 4.69) is 5.10 Å². The van der Waals surface area contributed by atoms with Gasteiger partial charge >= 0.3 is 5.97 Å². The van der Waals surface area contributed by atoms with Crippen LogP contribution >= 0.6 is 0 Å². The number of hydrogen-bond donors (Lipinski definition) is 1. The highest BCUT2D eigenvalue weighted by atomic mass is 32.2. The van der Waals surface area contributed by atoms with Gasteiger partial charge in [-0.15, -0.1) is 0 Å². The van der Waals surface area contributed by atoms with Crippen molar-refractivity contribution in [3.63, 3.8) is 0 Å². The predicted molar refractivity (Wildman–Crippen MR) is 106 cm³/mol. The number of aliphatic carboxylic acids is 1. The summed E-state index contributed by atoms with van der Waals surface area (Å²) in [7, 11) is -3.55. The molecule has 0 radical (unpaired) electrons. The number of hydrogen-bond acceptors (Lipinski definition) is 4. The third-order valence-electron chi connectivity index (χ3n) is 4.74. The minimum Gasteiger partial charge on any atom is -0.481 e. The van der Waals surface area contributed by atoms with Crippen LogP contribution in [0.25, 0.3) is 0 Å². The number of carboxylic acid groups (broad SMARTS) is 1. The first-order chi connectivity index (χ1) is 13.7. The second-order valence-corrected chi connectivity index (χ2v) is 8.90. The summed E-state index contributed by atoms with van der Waals surface area (Å²) >= 11 is 0. The Morgan fingerprint density at radius 3 is 2.21 bits per heavy atom. The van der Waals surface area contributed by atoms with Gasteiger partial charge in [-0.25, -0.2) is 12.8 Å². The van der Waals surface area contributed by atoms with Gasteiger partial charge in [0.1, 0.15) is 5.82 Å². The van der Waals surface area contributed by atoms with Crippen LogP contribution in [0.15, 0.2) is 53.4 Å². The fraction of sp³-hybridized carbons (Fsp3) is 0.238. The number of sulfone groups is 1. The lowest BCUT2D eigenvalue weighted by Crippen LogP contribution is -2.07. The maximum atomic E-state index is 13.0. The summed E-state index contributed by atoms with van der Waals surface area (Å²) in [5.41, 5.74) is 3.50. The average molecular weight is 416 g/mol. The number of carbonyl (C=O) groups is 1. The molecule has 0 aliphatic heterocycles. The Kier molecular flexibility index (Phi) is 5.83. The number of rotatable bonds is 7. The van der Waals surface area contributed by atoms with E-state index in [4.69, 9.17) is 5.11 Å². The van der Waals surface area contributed by atoms with Crippen LogP contribution in [0.3, 0.4) is 0 Å². The molecule has 0 aliphatic rings. The number of aromatic nitrogens is 2. The van der Waals surface area contributed by atoms with E-state index in [0.717, 1.165) is 11.3 Å². The quantitative estimate of drug-likeness (QED) is 0.638. The minimum atomic E-state index is -3.55. The second-order valence-electron chi connectivity index (χ2n) is 6.91. The van der Waals surface area contributed by atoms with Crippen LogP contribution in [0.5, 0.6) is 0 Å². The summed E-state index contributed by atoms with van der Waals surface area (Å²) in [6, 6.07) is 11.9. The zero-order chi connectivity index (χ0) is 21.2. The van der Waals surface area contributed by atoms with E-state index in [1.54, 1.807) is 23.7 Å². The first-order valence-corrected chi connectivity index (χ1v) is 10.6. The molecule has 29 heavy (non-hydrogen) atoms.